The van der Waals surface area contributed by atoms with E-state index in [1.807, 2.05) is 49.9 Å². The third kappa shape index (κ3) is 7.32. The van der Waals surface area contributed by atoms with Gasteiger partial charge < -0.3 is 15.0 Å². The van der Waals surface area contributed by atoms with Gasteiger partial charge in [-0.3, -0.25) is 9.59 Å². The molecule has 0 unspecified atom stereocenters. The molecule has 0 radical (unpaired) electrons. The first-order valence-corrected chi connectivity index (χ1v) is 12.3. The summed E-state index contributed by atoms with van der Waals surface area (Å²) < 4.78 is 6.15. The van der Waals surface area contributed by atoms with Gasteiger partial charge in [0, 0.05) is 19.6 Å². The van der Waals surface area contributed by atoms with Crippen LogP contribution in [0.1, 0.15) is 45.9 Å². The fraction of sp³-hybridized carbons (Fsp3) is 0.290. The second-order valence-corrected chi connectivity index (χ2v) is 9.11. The Labute approximate surface area is 214 Å². The van der Waals surface area contributed by atoms with Gasteiger partial charge in [0.15, 0.2) is 0 Å². The molecule has 36 heavy (non-hydrogen) atoms. The summed E-state index contributed by atoms with van der Waals surface area (Å²) in [5, 5.41) is 2.79. The maximum atomic E-state index is 13.2. The zero-order chi connectivity index (χ0) is 26.1. The van der Waals surface area contributed by atoms with Crippen molar-refractivity contribution < 1.29 is 14.3 Å². The molecule has 0 aliphatic heterocycles. The fourth-order valence-corrected chi connectivity index (χ4v) is 4.23. The van der Waals surface area contributed by atoms with Crippen LogP contribution >= 0.6 is 0 Å². The van der Waals surface area contributed by atoms with Crippen LogP contribution in [0, 0.1) is 20.8 Å². The first kappa shape index (κ1) is 26.7. The number of carbonyl (C=O) groups is 2. The predicted molar refractivity (Wildman–Crippen MR) is 145 cm³/mol. The van der Waals surface area contributed by atoms with Gasteiger partial charge >= 0.3 is 0 Å². The summed E-state index contributed by atoms with van der Waals surface area (Å²) in [6.45, 7) is 13.7. The van der Waals surface area contributed by atoms with Crippen LogP contribution in [0.2, 0.25) is 0 Å². The monoisotopic (exact) mass is 484 g/mol. The summed E-state index contributed by atoms with van der Waals surface area (Å²) in [5.41, 5.74) is 7.41. The average Bonchev–Trinajstić information content (AvgIpc) is 2.87. The topological polar surface area (TPSA) is 58.6 Å². The Bertz CT molecular complexity index is 1190. The van der Waals surface area contributed by atoms with E-state index in [-0.39, 0.29) is 18.2 Å². The Kier molecular flexibility index (Phi) is 9.46. The van der Waals surface area contributed by atoms with Crippen LogP contribution in [0.4, 0.5) is 0 Å². The Morgan fingerprint density at radius 1 is 0.944 bits per heavy atom. The van der Waals surface area contributed by atoms with E-state index in [2.05, 4.69) is 55.2 Å². The summed E-state index contributed by atoms with van der Waals surface area (Å²) in [6, 6.07) is 20.3. The molecule has 0 aromatic heterocycles. The third-order valence-electron chi connectivity index (χ3n) is 6.23. The number of amides is 2. The predicted octanol–water partition coefficient (Wildman–Crippen LogP) is 5.58. The molecule has 2 amide bonds. The molecule has 0 fully saturated rings. The number of benzene rings is 3. The maximum absolute atomic E-state index is 13.2. The first-order chi connectivity index (χ1) is 17.3. The van der Waals surface area contributed by atoms with E-state index in [4.69, 9.17) is 4.74 Å². The molecule has 1 N–H and O–H groups in total. The smallest absolute Gasteiger partial charge is 0.243 e. The second kappa shape index (κ2) is 12.7. The van der Waals surface area contributed by atoms with Crippen LogP contribution in [0.25, 0.3) is 0 Å². The Morgan fingerprint density at radius 2 is 1.58 bits per heavy atom. The molecule has 188 valence electrons. The quantitative estimate of drug-likeness (QED) is 0.361. The van der Waals surface area contributed by atoms with Crippen molar-refractivity contribution in [3.8, 4) is 5.75 Å². The lowest BCUT2D eigenvalue weighted by Gasteiger charge is -2.23. The van der Waals surface area contributed by atoms with Crippen molar-refractivity contribution in [1.82, 2.24) is 10.2 Å². The first-order valence-electron chi connectivity index (χ1n) is 12.3. The van der Waals surface area contributed by atoms with Crippen molar-refractivity contribution >= 4 is 11.8 Å². The lowest BCUT2D eigenvalue weighted by Crippen LogP contribution is -2.32. The lowest BCUT2D eigenvalue weighted by atomic mass is 10.0. The summed E-state index contributed by atoms with van der Waals surface area (Å²) in [4.78, 5) is 26.6. The van der Waals surface area contributed by atoms with Crippen molar-refractivity contribution in [2.75, 3.05) is 6.54 Å². The number of rotatable bonds is 11. The molecular formula is C31H36N2O3. The molecule has 0 spiro atoms. The van der Waals surface area contributed by atoms with Crippen LogP contribution in [-0.2, 0) is 35.7 Å². The van der Waals surface area contributed by atoms with E-state index in [1.54, 1.807) is 0 Å². The molecule has 3 aromatic carbocycles. The largest absolute Gasteiger partial charge is 0.488 e. The van der Waals surface area contributed by atoms with Crippen LogP contribution < -0.4 is 10.1 Å². The maximum Gasteiger partial charge on any atom is 0.243 e. The molecule has 0 bridgehead atoms. The van der Waals surface area contributed by atoms with Gasteiger partial charge in [0.1, 0.15) is 12.4 Å². The number of nitrogens with one attached hydrogen (secondary N) is 1. The molecule has 3 aromatic rings. The number of hydrogen-bond acceptors (Lipinski definition) is 3. The summed E-state index contributed by atoms with van der Waals surface area (Å²) in [6.07, 6.45) is 1.53. The van der Waals surface area contributed by atoms with Gasteiger partial charge in [-0.25, -0.2) is 0 Å². The minimum atomic E-state index is -0.233. The van der Waals surface area contributed by atoms with Gasteiger partial charge in [-0.15, -0.1) is 0 Å². The second-order valence-electron chi connectivity index (χ2n) is 9.11. The molecule has 0 atom stereocenters. The van der Waals surface area contributed by atoms with Gasteiger partial charge in [0.05, 0.1) is 6.42 Å². The molecule has 5 heteroatoms. The van der Waals surface area contributed by atoms with E-state index >= 15 is 0 Å². The zero-order valence-corrected chi connectivity index (χ0v) is 21.8. The average molecular weight is 485 g/mol. The number of ether oxygens (including phenoxy) is 1. The van der Waals surface area contributed by atoms with Gasteiger partial charge in [0.2, 0.25) is 11.8 Å². The zero-order valence-electron chi connectivity index (χ0n) is 21.8. The molecule has 0 aliphatic rings. The lowest BCUT2D eigenvalue weighted by molar-refractivity contribution is -0.130. The van der Waals surface area contributed by atoms with E-state index in [0.29, 0.717) is 26.2 Å². The van der Waals surface area contributed by atoms with Crippen molar-refractivity contribution in [2.24, 2.45) is 0 Å². The summed E-state index contributed by atoms with van der Waals surface area (Å²) in [5.74, 6) is 0.711. The standard InChI is InChI=1S/C31H36N2O3/c1-6-29(34)32-19-28-11-9-8-10-27(28)18-30(35)33(7-2)20-26-16-23(4)31(24(5)17-26)36-21-25-14-12-22(3)13-15-25/h6,8-17H,1,7,18-21H2,2-5H3,(H,32,34). The van der Waals surface area contributed by atoms with Gasteiger partial charge in [0.25, 0.3) is 0 Å². The highest BCUT2D eigenvalue weighted by atomic mass is 16.5. The minimum Gasteiger partial charge on any atom is -0.488 e. The minimum absolute atomic E-state index is 0.0509. The molecule has 0 aliphatic carbocycles. The van der Waals surface area contributed by atoms with Crippen LogP contribution in [0.3, 0.4) is 0 Å². The molecule has 3 rings (SSSR count). The van der Waals surface area contributed by atoms with E-state index in [0.717, 1.165) is 39.1 Å². The SMILES string of the molecule is C=CC(=O)NCc1ccccc1CC(=O)N(CC)Cc1cc(C)c(OCc2ccc(C)cc2)c(C)c1. The Hall–Kier alpha value is -3.86. The molecule has 5 nitrogen and oxygen atoms in total. The van der Waals surface area contributed by atoms with E-state index in [1.165, 1.54) is 11.6 Å². The highest BCUT2D eigenvalue weighted by molar-refractivity contribution is 5.86. The van der Waals surface area contributed by atoms with Gasteiger partial charge in [-0.1, -0.05) is 72.8 Å². The van der Waals surface area contributed by atoms with Crippen molar-refractivity contribution in [3.05, 3.63) is 112 Å². The van der Waals surface area contributed by atoms with Crippen LogP contribution in [0.15, 0.2) is 73.3 Å². The van der Waals surface area contributed by atoms with Gasteiger partial charge in [-0.05, 0) is 67.2 Å². The number of nitrogens with zero attached hydrogens (tertiary/aromatic N) is 1. The van der Waals surface area contributed by atoms with Crippen molar-refractivity contribution in [3.63, 3.8) is 0 Å². The van der Waals surface area contributed by atoms with Crippen molar-refractivity contribution in [1.29, 1.82) is 0 Å². The number of aryl methyl sites for hydroxylation is 3. The summed E-state index contributed by atoms with van der Waals surface area (Å²) in [7, 11) is 0. The number of likely N-dealkylation sites (N-methyl/N-ethyl adjacent to an activating group) is 1. The third-order valence-corrected chi connectivity index (χ3v) is 6.23. The highest BCUT2D eigenvalue weighted by Gasteiger charge is 2.16. The molecule has 0 heterocycles. The molecule has 0 saturated heterocycles. The summed E-state index contributed by atoms with van der Waals surface area (Å²) >= 11 is 0. The van der Waals surface area contributed by atoms with E-state index in [9.17, 15) is 9.59 Å². The Balaban J connectivity index is 1.67. The van der Waals surface area contributed by atoms with Crippen LogP contribution in [-0.4, -0.2) is 23.3 Å². The number of hydrogen-bond donors (Lipinski definition) is 1. The van der Waals surface area contributed by atoms with E-state index < -0.39 is 0 Å². The molecule has 0 saturated carbocycles. The highest BCUT2D eigenvalue weighted by Crippen LogP contribution is 2.27. The fourth-order valence-electron chi connectivity index (χ4n) is 4.23. The van der Waals surface area contributed by atoms with Gasteiger partial charge in [-0.2, -0.15) is 0 Å². The Morgan fingerprint density at radius 3 is 2.19 bits per heavy atom. The normalized spacial score (nSPS) is 10.6. The number of carbonyl (C=O) groups excluding carboxylic acids is 2. The molecular weight excluding hydrogens is 448 g/mol. The van der Waals surface area contributed by atoms with Crippen molar-refractivity contribution in [2.45, 2.75) is 53.8 Å². The van der Waals surface area contributed by atoms with Crippen LogP contribution in [0.5, 0.6) is 5.75 Å².